The van der Waals surface area contributed by atoms with E-state index in [4.69, 9.17) is 0 Å². The SMILES string of the molecule is CC(C)[C@@H]1CCNC[C@@H]1C. The van der Waals surface area contributed by atoms with E-state index < -0.39 is 0 Å². The number of nitrogens with one attached hydrogen (secondary N) is 1. The van der Waals surface area contributed by atoms with Gasteiger partial charge in [-0.2, -0.15) is 0 Å². The average Bonchev–Trinajstić information content (AvgIpc) is 1.88. The largest absolute Gasteiger partial charge is 0.316 e. The molecule has 1 aliphatic heterocycles. The number of hydrogen-bond acceptors (Lipinski definition) is 1. The average molecular weight is 141 g/mol. The molecule has 10 heavy (non-hydrogen) atoms. The van der Waals surface area contributed by atoms with Crippen LogP contribution >= 0.6 is 0 Å². The summed E-state index contributed by atoms with van der Waals surface area (Å²) in [4.78, 5) is 0. The lowest BCUT2D eigenvalue weighted by Gasteiger charge is -2.32. The zero-order valence-corrected chi connectivity index (χ0v) is 7.35. The van der Waals surface area contributed by atoms with Crippen LogP contribution in [0.2, 0.25) is 0 Å². The van der Waals surface area contributed by atoms with E-state index >= 15 is 0 Å². The third-order valence-electron chi connectivity index (χ3n) is 2.71. The first-order valence-corrected chi connectivity index (χ1v) is 4.42. The molecule has 1 saturated heterocycles. The molecule has 2 atom stereocenters. The van der Waals surface area contributed by atoms with E-state index in [1.165, 1.54) is 19.5 Å². The lowest BCUT2D eigenvalue weighted by molar-refractivity contribution is 0.210. The maximum Gasteiger partial charge on any atom is -0.00204 e. The van der Waals surface area contributed by atoms with Gasteiger partial charge in [0, 0.05) is 0 Å². The van der Waals surface area contributed by atoms with Crippen LogP contribution in [0.5, 0.6) is 0 Å². The lowest BCUT2D eigenvalue weighted by Crippen LogP contribution is -2.37. The molecule has 1 heteroatoms. The molecule has 0 aromatic heterocycles. The van der Waals surface area contributed by atoms with Crippen molar-refractivity contribution in [3.05, 3.63) is 0 Å². The van der Waals surface area contributed by atoms with E-state index in [0.29, 0.717) is 0 Å². The molecule has 1 heterocycles. The lowest BCUT2D eigenvalue weighted by atomic mass is 9.80. The van der Waals surface area contributed by atoms with Gasteiger partial charge in [0.25, 0.3) is 0 Å². The Morgan fingerprint density at radius 3 is 2.50 bits per heavy atom. The van der Waals surface area contributed by atoms with E-state index in [0.717, 1.165) is 17.8 Å². The molecule has 1 aliphatic rings. The van der Waals surface area contributed by atoms with Gasteiger partial charge in [0.05, 0.1) is 0 Å². The van der Waals surface area contributed by atoms with Crippen molar-refractivity contribution in [3.63, 3.8) is 0 Å². The molecule has 0 aromatic rings. The second-order valence-corrected chi connectivity index (χ2v) is 3.88. The molecule has 0 amide bonds. The van der Waals surface area contributed by atoms with Crippen molar-refractivity contribution in [2.75, 3.05) is 13.1 Å². The van der Waals surface area contributed by atoms with Gasteiger partial charge in [-0.25, -0.2) is 0 Å². The molecule has 1 fully saturated rings. The minimum Gasteiger partial charge on any atom is -0.316 e. The van der Waals surface area contributed by atoms with E-state index in [2.05, 4.69) is 26.1 Å². The highest BCUT2D eigenvalue weighted by Gasteiger charge is 2.23. The topological polar surface area (TPSA) is 12.0 Å². The van der Waals surface area contributed by atoms with Gasteiger partial charge in [0.15, 0.2) is 0 Å². The summed E-state index contributed by atoms with van der Waals surface area (Å²) in [6.45, 7) is 9.49. The third kappa shape index (κ3) is 1.72. The minimum absolute atomic E-state index is 0.872. The molecule has 60 valence electrons. The maximum absolute atomic E-state index is 3.42. The van der Waals surface area contributed by atoms with Crippen molar-refractivity contribution in [1.82, 2.24) is 5.32 Å². The summed E-state index contributed by atoms with van der Waals surface area (Å²) < 4.78 is 0. The first-order valence-electron chi connectivity index (χ1n) is 4.42. The summed E-state index contributed by atoms with van der Waals surface area (Å²) in [5.74, 6) is 2.71. The van der Waals surface area contributed by atoms with Crippen LogP contribution in [0.4, 0.5) is 0 Å². The summed E-state index contributed by atoms with van der Waals surface area (Å²) in [6, 6.07) is 0. The normalized spacial score (nSPS) is 34.8. The van der Waals surface area contributed by atoms with Gasteiger partial charge >= 0.3 is 0 Å². The highest BCUT2D eigenvalue weighted by molar-refractivity contribution is 4.76. The molecule has 1 rings (SSSR count). The summed E-state index contributed by atoms with van der Waals surface area (Å²) in [6.07, 6.45) is 1.37. The first kappa shape index (κ1) is 8.06. The third-order valence-corrected chi connectivity index (χ3v) is 2.71. The zero-order valence-electron chi connectivity index (χ0n) is 7.35. The van der Waals surface area contributed by atoms with Crippen molar-refractivity contribution >= 4 is 0 Å². The van der Waals surface area contributed by atoms with Crippen molar-refractivity contribution in [2.24, 2.45) is 17.8 Å². The van der Waals surface area contributed by atoms with Gasteiger partial charge in [-0.05, 0) is 37.3 Å². The van der Waals surface area contributed by atoms with Crippen LogP contribution in [-0.2, 0) is 0 Å². The minimum atomic E-state index is 0.872. The van der Waals surface area contributed by atoms with Crippen LogP contribution in [0.1, 0.15) is 27.2 Å². The van der Waals surface area contributed by atoms with Gasteiger partial charge in [-0.3, -0.25) is 0 Å². The van der Waals surface area contributed by atoms with Crippen LogP contribution in [-0.4, -0.2) is 13.1 Å². The number of hydrogen-bond donors (Lipinski definition) is 1. The molecule has 1 N–H and O–H groups in total. The monoisotopic (exact) mass is 141 g/mol. The Kier molecular flexibility index (Phi) is 2.72. The fourth-order valence-electron chi connectivity index (χ4n) is 2.02. The fraction of sp³-hybridized carbons (Fsp3) is 1.00. The van der Waals surface area contributed by atoms with E-state index in [9.17, 15) is 0 Å². The molecule has 0 radical (unpaired) electrons. The number of piperidine rings is 1. The Hall–Kier alpha value is -0.0400. The molecule has 0 unspecified atom stereocenters. The smallest absolute Gasteiger partial charge is 0.00204 e. The van der Waals surface area contributed by atoms with Crippen LogP contribution in [0, 0.1) is 17.8 Å². The first-order chi connectivity index (χ1) is 4.72. The highest BCUT2D eigenvalue weighted by Crippen LogP contribution is 2.25. The second-order valence-electron chi connectivity index (χ2n) is 3.88. The second kappa shape index (κ2) is 3.38. The summed E-state index contributed by atoms with van der Waals surface area (Å²) >= 11 is 0. The Morgan fingerprint density at radius 1 is 1.40 bits per heavy atom. The molecule has 0 saturated carbocycles. The molecule has 0 spiro atoms. The molecule has 0 bridgehead atoms. The quantitative estimate of drug-likeness (QED) is 0.588. The Morgan fingerprint density at radius 2 is 2.10 bits per heavy atom. The van der Waals surface area contributed by atoms with Crippen molar-refractivity contribution < 1.29 is 0 Å². The predicted molar refractivity (Wildman–Crippen MR) is 45.0 cm³/mol. The van der Waals surface area contributed by atoms with Gasteiger partial charge in [-0.15, -0.1) is 0 Å². The van der Waals surface area contributed by atoms with Crippen molar-refractivity contribution in [1.29, 1.82) is 0 Å². The van der Waals surface area contributed by atoms with Crippen LogP contribution in [0.25, 0.3) is 0 Å². The fourth-order valence-corrected chi connectivity index (χ4v) is 2.02. The zero-order chi connectivity index (χ0) is 7.56. The summed E-state index contributed by atoms with van der Waals surface area (Å²) in [7, 11) is 0. The molecule has 0 aliphatic carbocycles. The van der Waals surface area contributed by atoms with E-state index in [-0.39, 0.29) is 0 Å². The van der Waals surface area contributed by atoms with Crippen molar-refractivity contribution in [3.8, 4) is 0 Å². The van der Waals surface area contributed by atoms with Crippen LogP contribution < -0.4 is 5.32 Å². The van der Waals surface area contributed by atoms with Crippen molar-refractivity contribution in [2.45, 2.75) is 27.2 Å². The standard InChI is InChI=1S/C9H19N/c1-7(2)9-4-5-10-6-8(9)3/h7-10H,4-6H2,1-3H3/t8-,9-/m0/s1. The van der Waals surface area contributed by atoms with Crippen LogP contribution in [0.3, 0.4) is 0 Å². The molecular formula is C9H19N. The number of rotatable bonds is 1. The van der Waals surface area contributed by atoms with Crippen LogP contribution in [0.15, 0.2) is 0 Å². The summed E-state index contributed by atoms with van der Waals surface area (Å²) in [5, 5.41) is 3.42. The molecular weight excluding hydrogens is 122 g/mol. The Labute approximate surface area is 64.2 Å². The van der Waals surface area contributed by atoms with Gasteiger partial charge in [0.2, 0.25) is 0 Å². The predicted octanol–water partition coefficient (Wildman–Crippen LogP) is 1.89. The summed E-state index contributed by atoms with van der Waals surface area (Å²) in [5.41, 5.74) is 0. The van der Waals surface area contributed by atoms with E-state index in [1.54, 1.807) is 0 Å². The maximum atomic E-state index is 3.42. The molecule has 0 aromatic carbocycles. The molecule has 1 nitrogen and oxygen atoms in total. The van der Waals surface area contributed by atoms with Gasteiger partial charge < -0.3 is 5.32 Å². The highest BCUT2D eigenvalue weighted by atomic mass is 14.9. The Bertz CT molecular complexity index is 98.9. The van der Waals surface area contributed by atoms with Gasteiger partial charge in [0.1, 0.15) is 0 Å². The Balaban J connectivity index is 2.40. The van der Waals surface area contributed by atoms with E-state index in [1.807, 2.05) is 0 Å². The van der Waals surface area contributed by atoms with Gasteiger partial charge in [-0.1, -0.05) is 20.8 Å².